The van der Waals surface area contributed by atoms with E-state index in [1.807, 2.05) is 6.07 Å². The van der Waals surface area contributed by atoms with E-state index in [0.717, 1.165) is 13.0 Å². The molecule has 0 bridgehead atoms. The van der Waals surface area contributed by atoms with E-state index in [9.17, 15) is 0 Å². The summed E-state index contributed by atoms with van der Waals surface area (Å²) < 4.78 is 6.14. The maximum Gasteiger partial charge on any atom is 0.385 e. The molecule has 1 aromatic carbocycles. The molecule has 2 rings (SSSR count). The lowest BCUT2D eigenvalue weighted by molar-refractivity contribution is 0.243. The first-order valence-electron chi connectivity index (χ1n) is 6.13. The van der Waals surface area contributed by atoms with Crippen molar-refractivity contribution in [2.75, 3.05) is 13.6 Å². The number of rotatable bonds is 3. The molecule has 3 heteroatoms. The Morgan fingerprint density at radius 1 is 1.44 bits per heavy atom. The van der Waals surface area contributed by atoms with Crippen molar-refractivity contribution in [2.24, 2.45) is 0 Å². The SMILES string of the molecule is CCC(C)B1O[C@H](c2ccccc2)CN1C. The van der Waals surface area contributed by atoms with E-state index in [-0.39, 0.29) is 13.2 Å². The molecule has 1 unspecified atom stereocenters. The molecule has 86 valence electrons. The summed E-state index contributed by atoms with van der Waals surface area (Å²) >= 11 is 0. The first kappa shape index (κ1) is 11.7. The zero-order chi connectivity index (χ0) is 11.5. The standard InChI is InChI=1S/C13H20BNO/c1-4-11(2)14-15(3)10-13(16-14)12-8-6-5-7-9-12/h5-9,11,13H,4,10H2,1-3H3/t11?,13-/m0/s1. The van der Waals surface area contributed by atoms with Crippen LogP contribution in [0.1, 0.15) is 31.9 Å². The summed E-state index contributed by atoms with van der Waals surface area (Å²) in [6.07, 6.45) is 1.40. The van der Waals surface area contributed by atoms with Gasteiger partial charge in [-0.2, -0.15) is 0 Å². The minimum absolute atomic E-state index is 0.241. The van der Waals surface area contributed by atoms with Crippen LogP contribution in [0.4, 0.5) is 0 Å². The number of likely N-dealkylation sites (N-methyl/N-ethyl adjacent to an activating group) is 1. The second-order valence-corrected chi connectivity index (χ2v) is 4.75. The summed E-state index contributed by atoms with van der Waals surface area (Å²) in [5.41, 5.74) is 1.29. The van der Waals surface area contributed by atoms with Gasteiger partial charge in [0.05, 0.1) is 6.10 Å². The highest BCUT2D eigenvalue weighted by atomic mass is 16.5. The summed E-state index contributed by atoms with van der Waals surface area (Å²) in [7, 11) is 2.43. The Morgan fingerprint density at radius 2 is 2.12 bits per heavy atom. The maximum atomic E-state index is 6.14. The Bertz CT molecular complexity index is 330. The van der Waals surface area contributed by atoms with Gasteiger partial charge in [-0.1, -0.05) is 50.6 Å². The summed E-state index contributed by atoms with van der Waals surface area (Å²) in [6, 6.07) is 10.5. The van der Waals surface area contributed by atoms with Gasteiger partial charge < -0.3 is 9.47 Å². The second-order valence-electron chi connectivity index (χ2n) is 4.75. The minimum atomic E-state index is 0.241. The van der Waals surface area contributed by atoms with Crippen molar-refractivity contribution >= 4 is 7.05 Å². The molecule has 0 aromatic heterocycles. The van der Waals surface area contributed by atoms with Crippen molar-refractivity contribution < 1.29 is 4.65 Å². The lowest BCUT2D eigenvalue weighted by Gasteiger charge is -2.18. The number of hydrogen-bond acceptors (Lipinski definition) is 2. The lowest BCUT2D eigenvalue weighted by atomic mass is 9.66. The molecule has 1 aliphatic rings. The molecule has 16 heavy (non-hydrogen) atoms. The summed E-state index contributed by atoms with van der Waals surface area (Å²) in [5, 5.41) is 0. The third kappa shape index (κ3) is 2.31. The average Bonchev–Trinajstić information content (AvgIpc) is 2.71. The molecule has 1 heterocycles. The average molecular weight is 217 g/mol. The van der Waals surface area contributed by atoms with Gasteiger partial charge in [-0.05, 0) is 18.4 Å². The van der Waals surface area contributed by atoms with E-state index < -0.39 is 0 Å². The fraction of sp³-hybridized carbons (Fsp3) is 0.538. The third-order valence-corrected chi connectivity index (χ3v) is 3.49. The Labute approximate surface area is 98.7 Å². The molecule has 1 fully saturated rings. The Kier molecular flexibility index (Phi) is 3.67. The fourth-order valence-electron chi connectivity index (χ4n) is 2.30. The molecule has 2 nitrogen and oxygen atoms in total. The Hall–Kier alpha value is -0.795. The summed E-state index contributed by atoms with van der Waals surface area (Å²) in [6.45, 7) is 5.48. The number of benzene rings is 1. The molecular weight excluding hydrogens is 197 g/mol. The van der Waals surface area contributed by atoms with Gasteiger partial charge in [0.15, 0.2) is 0 Å². The van der Waals surface area contributed by atoms with E-state index in [4.69, 9.17) is 4.65 Å². The summed E-state index contributed by atoms with van der Waals surface area (Å²) in [4.78, 5) is 2.33. The molecule has 2 atom stereocenters. The second kappa shape index (κ2) is 5.02. The molecule has 0 aliphatic carbocycles. The van der Waals surface area contributed by atoms with Gasteiger partial charge in [-0.3, -0.25) is 0 Å². The van der Waals surface area contributed by atoms with Crippen LogP contribution in [0.2, 0.25) is 5.82 Å². The predicted molar refractivity (Wildman–Crippen MR) is 68.4 cm³/mol. The van der Waals surface area contributed by atoms with Crippen LogP contribution in [0.15, 0.2) is 30.3 Å². The van der Waals surface area contributed by atoms with Crippen LogP contribution >= 0.6 is 0 Å². The topological polar surface area (TPSA) is 12.5 Å². The van der Waals surface area contributed by atoms with E-state index in [0.29, 0.717) is 5.82 Å². The zero-order valence-corrected chi connectivity index (χ0v) is 10.4. The Balaban J connectivity index is 2.07. The largest absolute Gasteiger partial charge is 0.413 e. The van der Waals surface area contributed by atoms with Crippen LogP contribution in [-0.2, 0) is 4.65 Å². The van der Waals surface area contributed by atoms with Crippen LogP contribution in [0.5, 0.6) is 0 Å². The van der Waals surface area contributed by atoms with E-state index >= 15 is 0 Å². The molecule has 0 N–H and O–H groups in total. The van der Waals surface area contributed by atoms with E-state index in [1.54, 1.807) is 0 Å². The van der Waals surface area contributed by atoms with Gasteiger partial charge in [-0.15, -0.1) is 0 Å². The highest BCUT2D eigenvalue weighted by Gasteiger charge is 2.38. The molecule has 1 saturated heterocycles. The van der Waals surface area contributed by atoms with Crippen molar-refractivity contribution in [3.63, 3.8) is 0 Å². The molecule has 0 spiro atoms. The smallest absolute Gasteiger partial charge is 0.385 e. The molecule has 0 radical (unpaired) electrons. The van der Waals surface area contributed by atoms with Crippen molar-refractivity contribution in [1.82, 2.24) is 4.81 Å². The van der Waals surface area contributed by atoms with E-state index in [2.05, 4.69) is 50.0 Å². The van der Waals surface area contributed by atoms with Gasteiger partial charge in [0.25, 0.3) is 0 Å². The third-order valence-electron chi connectivity index (χ3n) is 3.49. The normalized spacial score (nSPS) is 23.7. The van der Waals surface area contributed by atoms with Crippen LogP contribution in [0.3, 0.4) is 0 Å². The van der Waals surface area contributed by atoms with Crippen molar-refractivity contribution in [1.29, 1.82) is 0 Å². The number of hydrogen-bond donors (Lipinski definition) is 0. The molecule has 1 aromatic rings. The first-order chi connectivity index (χ1) is 7.72. The molecule has 0 amide bonds. The van der Waals surface area contributed by atoms with Crippen LogP contribution in [0.25, 0.3) is 0 Å². The van der Waals surface area contributed by atoms with Gasteiger partial charge in [0, 0.05) is 6.54 Å². The molecular formula is C13H20BNO. The number of nitrogens with zero attached hydrogens (tertiary/aromatic N) is 1. The molecule has 0 saturated carbocycles. The Morgan fingerprint density at radius 3 is 2.75 bits per heavy atom. The highest BCUT2D eigenvalue weighted by Crippen LogP contribution is 2.31. The minimum Gasteiger partial charge on any atom is -0.413 e. The van der Waals surface area contributed by atoms with Gasteiger partial charge >= 0.3 is 7.05 Å². The highest BCUT2D eigenvalue weighted by molar-refractivity contribution is 6.51. The van der Waals surface area contributed by atoms with Gasteiger partial charge in [-0.25, -0.2) is 0 Å². The lowest BCUT2D eigenvalue weighted by Crippen LogP contribution is -2.34. The van der Waals surface area contributed by atoms with Gasteiger partial charge in [0.2, 0.25) is 0 Å². The fourth-order valence-corrected chi connectivity index (χ4v) is 2.30. The predicted octanol–water partition coefficient (Wildman–Crippen LogP) is 2.98. The quantitative estimate of drug-likeness (QED) is 0.721. The van der Waals surface area contributed by atoms with Crippen LogP contribution < -0.4 is 0 Å². The van der Waals surface area contributed by atoms with Gasteiger partial charge in [0.1, 0.15) is 0 Å². The van der Waals surface area contributed by atoms with Crippen molar-refractivity contribution in [2.45, 2.75) is 32.2 Å². The first-order valence-corrected chi connectivity index (χ1v) is 6.13. The maximum absolute atomic E-state index is 6.14. The van der Waals surface area contributed by atoms with E-state index in [1.165, 1.54) is 5.56 Å². The zero-order valence-electron chi connectivity index (χ0n) is 10.4. The summed E-state index contributed by atoms with van der Waals surface area (Å²) in [5.74, 6) is 0.596. The van der Waals surface area contributed by atoms with Crippen molar-refractivity contribution in [3.8, 4) is 0 Å². The van der Waals surface area contributed by atoms with Crippen LogP contribution in [-0.4, -0.2) is 25.5 Å². The molecule has 1 aliphatic heterocycles. The van der Waals surface area contributed by atoms with Crippen LogP contribution in [0, 0.1) is 0 Å². The van der Waals surface area contributed by atoms with Crippen molar-refractivity contribution in [3.05, 3.63) is 35.9 Å². The monoisotopic (exact) mass is 217 g/mol.